The molecule has 3 nitrogen and oxygen atoms in total. The molecule has 1 saturated heterocycles. The number of aryl methyl sites for hydroxylation is 1. The van der Waals surface area contributed by atoms with Gasteiger partial charge in [-0.05, 0) is 56.5 Å². The Morgan fingerprint density at radius 3 is 3.00 bits per heavy atom. The van der Waals surface area contributed by atoms with E-state index in [1.54, 1.807) is 5.56 Å². The van der Waals surface area contributed by atoms with Gasteiger partial charge in [0.2, 0.25) is 0 Å². The fourth-order valence-corrected chi connectivity index (χ4v) is 3.63. The van der Waals surface area contributed by atoms with Crippen molar-refractivity contribution in [3.8, 4) is 0 Å². The molecule has 1 fully saturated rings. The summed E-state index contributed by atoms with van der Waals surface area (Å²) < 4.78 is 0. The Hall–Kier alpha value is -1.06. The monoisotopic (exact) mass is 273 g/mol. The molecule has 1 N–H and O–H groups in total. The van der Waals surface area contributed by atoms with E-state index in [0.29, 0.717) is 6.04 Å². The average molecular weight is 273 g/mol. The molecule has 3 heteroatoms. The number of rotatable bonds is 3. The van der Waals surface area contributed by atoms with E-state index in [9.17, 15) is 0 Å². The topological polar surface area (TPSA) is 18.5 Å². The summed E-state index contributed by atoms with van der Waals surface area (Å²) in [6, 6.07) is 7.76. The number of benzene rings is 1. The van der Waals surface area contributed by atoms with E-state index >= 15 is 0 Å². The Balaban J connectivity index is 1.68. The standard InChI is InChI=1S/C17H27N3/c1-18-16-6-4-10-20(13-16)12-14-7-8-17-15(11-14)5-3-9-19(17)2/h7-8,11,16,18H,3-6,9-10,12-13H2,1-2H3. The molecule has 0 amide bonds. The number of likely N-dealkylation sites (tertiary alicyclic amines) is 1. The number of nitrogens with one attached hydrogen (secondary N) is 1. The molecule has 1 unspecified atom stereocenters. The summed E-state index contributed by atoms with van der Waals surface area (Å²) in [5.74, 6) is 0. The molecule has 1 aromatic carbocycles. The molecule has 2 aliphatic rings. The fourth-order valence-electron chi connectivity index (χ4n) is 3.63. The molecule has 0 saturated carbocycles. The van der Waals surface area contributed by atoms with Gasteiger partial charge in [-0.3, -0.25) is 4.90 Å². The van der Waals surface area contributed by atoms with Gasteiger partial charge in [0.15, 0.2) is 0 Å². The smallest absolute Gasteiger partial charge is 0.0396 e. The van der Waals surface area contributed by atoms with Gasteiger partial charge in [-0.2, -0.15) is 0 Å². The van der Waals surface area contributed by atoms with Gasteiger partial charge >= 0.3 is 0 Å². The van der Waals surface area contributed by atoms with Gasteiger partial charge in [0, 0.05) is 38.4 Å². The maximum atomic E-state index is 3.43. The molecular weight excluding hydrogens is 246 g/mol. The normalized spacial score (nSPS) is 23.7. The Morgan fingerprint density at radius 1 is 1.25 bits per heavy atom. The molecule has 20 heavy (non-hydrogen) atoms. The van der Waals surface area contributed by atoms with Crippen molar-refractivity contribution in [2.75, 3.05) is 38.6 Å². The number of likely N-dealkylation sites (N-methyl/N-ethyl adjacent to an activating group) is 1. The molecule has 0 spiro atoms. The van der Waals surface area contributed by atoms with E-state index in [2.05, 4.69) is 47.4 Å². The number of nitrogens with zero attached hydrogens (tertiary/aromatic N) is 2. The highest BCUT2D eigenvalue weighted by Crippen LogP contribution is 2.27. The second-order valence-corrected chi connectivity index (χ2v) is 6.35. The van der Waals surface area contributed by atoms with Gasteiger partial charge < -0.3 is 10.2 Å². The number of fused-ring (bicyclic) bond motifs is 1. The first kappa shape index (κ1) is 13.9. The van der Waals surface area contributed by atoms with Crippen LogP contribution < -0.4 is 10.2 Å². The molecule has 0 aromatic heterocycles. The predicted octanol–water partition coefficient (Wildman–Crippen LogP) is 2.25. The highest BCUT2D eigenvalue weighted by Gasteiger charge is 2.19. The van der Waals surface area contributed by atoms with Crippen LogP contribution in [-0.4, -0.2) is 44.7 Å². The number of anilines is 1. The highest BCUT2D eigenvalue weighted by molar-refractivity contribution is 5.56. The van der Waals surface area contributed by atoms with Crippen LogP contribution in [0.15, 0.2) is 18.2 Å². The molecule has 0 radical (unpaired) electrons. The van der Waals surface area contributed by atoms with E-state index in [0.717, 1.165) is 6.54 Å². The first-order valence-electron chi connectivity index (χ1n) is 7.99. The van der Waals surface area contributed by atoms with Crippen LogP contribution in [0.25, 0.3) is 0 Å². The molecule has 3 rings (SSSR count). The number of piperidine rings is 1. The van der Waals surface area contributed by atoms with Crippen LogP contribution >= 0.6 is 0 Å². The maximum Gasteiger partial charge on any atom is 0.0396 e. The maximum absolute atomic E-state index is 3.43. The van der Waals surface area contributed by atoms with Crippen molar-refractivity contribution in [3.63, 3.8) is 0 Å². The third kappa shape index (κ3) is 2.99. The van der Waals surface area contributed by atoms with Crippen molar-refractivity contribution in [1.29, 1.82) is 0 Å². The molecule has 1 atom stereocenters. The Bertz CT molecular complexity index is 458. The van der Waals surface area contributed by atoms with Crippen LogP contribution in [0, 0.1) is 0 Å². The quantitative estimate of drug-likeness (QED) is 0.911. The van der Waals surface area contributed by atoms with E-state index in [4.69, 9.17) is 0 Å². The Morgan fingerprint density at radius 2 is 2.15 bits per heavy atom. The van der Waals surface area contributed by atoms with Crippen LogP contribution in [0.2, 0.25) is 0 Å². The summed E-state index contributed by atoms with van der Waals surface area (Å²) in [5, 5.41) is 3.43. The Labute approximate surface area is 123 Å². The molecule has 0 bridgehead atoms. The van der Waals surface area contributed by atoms with Crippen LogP contribution in [0.1, 0.15) is 30.4 Å². The zero-order chi connectivity index (χ0) is 13.9. The summed E-state index contributed by atoms with van der Waals surface area (Å²) in [6.45, 7) is 4.74. The molecular formula is C17H27N3. The van der Waals surface area contributed by atoms with E-state index < -0.39 is 0 Å². The van der Waals surface area contributed by atoms with Gasteiger partial charge in [-0.15, -0.1) is 0 Å². The highest BCUT2D eigenvalue weighted by atomic mass is 15.2. The van der Waals surface area contributed by atoms with Gasteiger partial charge in [0.1, 0.15) is 0 Å². The minimum atomic E-state index is 0.674. The van der Waals surface area contributed by atoms with Gasteiger partial charge in [-0.1, -0.05) is 12.1 Å². The van der Waals surface area contributed by atoms with Crippen LogP contribution in [0.4, 0.5) is 5.69 Å². The van der Waals surface area contributed by atoms with Crippen molar-refractivity contribution >= 4 is 5.69 Å². The summed E-state index contributed by atoms with van der Waals surface area (Å²) in [5.41, 5.74) is 4.46. The SMILES string of the molecule is CNC1CCCN(Cc2ccc3c(c2)CCCN3C)C1. The van der Waals surface area contributed by atoms with Crippen molar-refractivity contribution in [1.82, 2.24) is 10.2 Å². The van der Waals surface area contributed by atoms with E-state index in [1.165, 1.54) is 56.6 Å². The van der Waals surface area contributed by atoms with E-state index in [-0.39, 0.29) is 0 Å². The zero-order valence-corrected chi connectivity index (χ0v) is 12.9. The predicted molar refractivity (Wildman–Crippen MR) is 85.4 cm³/mol. The van der Waals surface area contributed by atoms with Crippen molar-refractivity contribution in [3.05, 3.63) is 29.3 Å². The summed E-state index contributed by atoms with van der Waals surface area (Å²) in [4.78, 5) is 4.99. The average Bonchev–Trinajstić information content (AvgIpc) is 2.47. The molecule has 0 aliphatic carbocycles. The lowest BCUT2D eigenvalue weighted by Gasteiger charge is -2.33. The second-order valence-electron chi connectivity index (χ2n) is 6.35. The summed E-state index contributed by atoms with van der Waals surface area (Å²) >= 11 is 0. The van der Waals surface area contributed by atoms with Crippen molar-refractivity contribution in [2.45, 2.75) is 38.3 Å². The van der Waals surface area contributed by atoms with Gasteiger partial charge in [0.25, 0.3) is 0 Å². The van der Waals surface area contributed by atoms with Crippen LogP contribution in [0.5, 0.6) is 0 Å². The summed E-state index contributed by atoms with van der Waals surface area (Å²) in [7, 11) is 4.29. The second kappa shape index (κ2) is 6.15. The lowest BCUT2D eigenvalue weighted by Crippen LogP contribution is -2.43. The van der Waals surface area contributed by atoms with Crippen LogP contribution in [0.3, 0.4) is 0 Å². The first-order valence-corrected chi connectivity index (χ1v) is 7.99. The molecule has 2 heterocycles. The largest absolute Gasteiger partial charge is 0.374 e. The lowest BCUT2D eigenvalue weighted by molar-refractivity contribution is 0.188. The Kier molecular flexibility index (Phi) is 4.27. The number of hydrogen-bond acceptors (Lipinski definition) is 3. The fraction of sp³-hybridized carbons (Fsp3) is 0.647. The lowest BCUT2D eigenvalue weighted by atomic mass is 9.98. The minimum absolute atomic E-state index is 0.674. The molecule has 110 valence electrons. The molecule has 2 aliphatic heterocycles. The van der Waals surface area contributed by atoms with Crippen molar-refractivity contribution in [2.24, 2.45) is 0 Å². The van der Waals surface area contributed by atoms with Crippen molar-refractivity contribution < 1.29 is 0 Å². The number of hydrogen-bond donors (Lipinski definition) is 1. The van der Waals surface area contributed by atoms with E-state index in [1.807, 2.05) is 0 Å². The van der Waals surface area contributed by atoms with Gasteiger partial charge in [-0.25, -0.2) is 0 Å². The zero-order valence-electron chi connectivity index (χ0n) is 12.9. The molecule has 1 aromatic rings. The first-order chi connectivity index (χ1) is 9.76. The third-order valence-electron chi connectivity index (χ3n) is 4.81. The third-order valence-corrected chi connectivity index (χ3v) is 4.81. The minimum Gasteiger partial charge on any atom is -0.374 e. The van der Waals surface area contributed by atoms with Crippen LogP contribution in [-0.2, 0) is 13.0 Å². The summed E-state index contributed by atoms with van der Waals surface area (Å²) in [6.07, 6.45) is 5.17. The van der Waals surface area contributed by atoms with Gasteiger partial charge in [0.05, 0.1) is 0 Å².